The van der Waals surface area contributed by atoms with E-state index in [-0.39, 0.29) is 18.1 Å². The molecule has 0 fully saturated rings. The lowest BCUT2D eigenvalue weighted by Crippen LogP contribution is -2.27. The summed E-state index contributed by atoms with van der Waals surface area (Å²) in [6.07, 6.45) is 0.0450. The second-order valence-corrected chi connectivity index (χ2v) is 5.27. The average Bonchev–Trinajstić information content (AvgIpc) is 2.91. The Kier molecular flexibility index (Phi) is 3.92. The monoisotopic (exact) mass is 297 g/mol. The van der Waals surface area contributed by atoms with Crippen LogP contribution in [0.5, 0.6) is 0 Å². The van der Waals surface area contributed by atoms with Crippen molar-refractivity contribution in [1.29, 1.82) is 0 Å². The molecule has 1 heterocycles. The minimum absolute atomic E-state index is 0.0450. The molecule has 0 unspecified atom stereocenters. The summed E-state index contributed by atoms with van der Waals surface area (Å²) < 4.78 is 19.3. The highest BCUT2D eigenvalue weighted by atomic mass is 19.1. The lowest BCUT2D eigenvalue weighted by Gasteiger charge is -2.15. The average molecular weight is 297 g/mol. The molecule has 4 heteroatoms. The molecule has 0 saturated heterocycles. The quantitative estimate of drug-likeness (QED) is 0.734. The van der Waals surface area contributed by atoms with Crippen LogP contribution in [0.25, 0.3) is 11.0 Å². The van der Waals surface area contributed by atoms with Gasteiger partial charge in [-0.1, -0.05) is 36.4 Å². The Labute approximate surface area is 128 Å². The molecule has 3 aromatic rings. The number of carbonyl (C=O) groups is 1. The van der Waals surface area contributed by atoms with Crippen molar-refractivity contribution < 1.29 is 13.6 Å². The molecule has 0 N–H and O–H groups in total. The number of benzene rings is 2. The minimum Gasteiger partial charge on any atom is -0.459 e. The third-order valence-corrected chi connectivity index (χ3v) is 3.59. The predicted molar refractivity (Wildman–Crippen MR) is 82.8 cm³/mol. The summed E-state index contributed by atoms with van der Waals surface area (Å²) in [5.74, 6) is 0.212. The molecular formula is C18H16FNO2. The van der Waals surface area contributed by atoms with Gasteiger partial charge < -0.3 is 9.32 Å². The van der Waals surface area contributed by atoms with E-state index >= 15 is 0 Å². The zero-order valence-corrected chi connectivity index (χ0v) is 12.3. The third kappa shape index (κ3) is 3.01. The molecule has 2 aromatic carbocycles. The maximum Gasteiger partial charge on any atom is 0.227 e. The highest BCUT2D eigenvalue weighted by Crippen LogP contribution is 2.20. The Bertz CT molecular complexity index is 776. The van der Waals surface area contributed by atoms with Crippen LogP contribution < -0.4 is 0 Å². The van der Waals surface area contributed by atoms with Crippen LogP contribution in [0.15, 0.2) is 59.0 Å². The molecular weight excluding hydrogens is 281 g/mol. The Balaban J connectivity index is 1.69. The lowest BCUT2D eigenvalue weighted by atomic mass is 10.1. The van der Waals surface area contributed by atoms with E-state index in [4.69, 9.17) is 4.42 Å². The van der Waals surface area contributed by atoms with Gasteiger partial charge in [0.15, 0.2) is 0 Å². The van der Waals surface area contributed by atoms with Gasteiger partial charge in [0.25, 0.3) is 0 Å². The normalized spacial score (nSPS) is 10.8. The van der Waals surface area contributed by atoms with Crippen molar-refractivity contribution in [3.63, 3.8) is 0 Å². The number of halogens is 1. The molecule has 0 atom stereocenters. The fourth-order valence-electron chi connectivity index (χ4n) is 2.38. The molecule has 1 aromatic heterocycles. The van der Waals surface area contributed by atoms with Gasteiger partial charge in [0.05, 0.1) is 13.0 Å². The summed E-state index contributed by atoms with van der Waals surface area (Å²) >= 11 is 0. The molecule has 0 aliphatic rings. The van der Waals surface area contributed by atoms with Gasteiger partial charge in [-0.2, -0.15) is 0 Å². The van der Waals surface area contributed by atoms with Gasteiger partial charge in [-0.3, -0.25) is 4.79 Å². The molecule has 22 heavy (non-hydrogen) atoms. The number of fused-ring (bicyclic) bond motifs is 1. The van der Waals surface area contributed by atoms with Crippen molar-refractivity contribution in [1.82, 2.24) is 4.90 Å². The van der Waals surface area contributed by atoms with Crippen molar-refractivity contribution in [3.8, 4) is 0 Å². The molecule has 0 aliphatic carbocycles. The summed E-state index contributed by atoms with van der Waals surface area (Å²) in [6.45, 7) is 0.363. The van der Waals surface area contributed by atoms with Crippen molar-refractivity contribution in [3.05, 3.63) is 71.7 Å². The van der Waals surface area contributed by atoms with Crippen LogP contribution in [0.2, 0.25) is 0 Å². The summed E-state index contributed by atoms with van der Waals surface area (Å²) in [5.41, 5.74) is 1.21. The van der Waals surface area contributed by atoms with Crippen LogP contribution in [-0.4, -0.2) is 17.9 Å². The van der Waals surface area contributed by atoms with Gasteiger partial charge in [-0.15, -0.1) is 0 Å². The van der Waals surface area contributed by atoms with E-state index in [0.717, 1.165) is 11.0 Å². The summed E-state index contributed by atoms with van der Waals surface area (Å²) in [6, 6.07) is 15.9. The van der Waals surface area contributed by atoms with Gasteiger partial charge in [-0.05, 0) is 23.8 Å². The first-order chi connectivity index (χ1) is 10.6. The van der Waals surface area contributed by atoms with Crippen molar-refractivity contribution >= 4 is 16.9 Å². The van der Waals surface area contributed by atoms with Crippen LogP contribution in [0.4, 0.5) is 4.39 Å². The van der Waals surface area contributed by atoms with Crippen LogP contribution in [0.3, 0.4) is 0 Å². The van der Waals surface area contributed by atoms with Gasteiger partial charge in [0.1, 0.15) is 17.2 Å². The van der Waals surface area contributed by atoms with Gasteiger partial charge in [0.2, 0.25) is 5.91 Å². The van der Waals surface area contributed by atoms with Crippen molar-refractivity contribution in [2.75, 3.05) is 7.05 Å². The van der Waals surface area contributed by atoms with Crippen LogP contribution in [-0.2, 0) is 17.8 Å². The Morgan fingerprint density at radius 1 is 1.14 bits per heavy atom. The zero-order chi connectivity index (χ0) is 15.5. The largest absolute Gasteiger partial charge is 0.459 e. The van der Waals surface area contributed by atoms with E-state index in [2.05, 4.69) is 0 Å². The molecule has 0 aliphatic heterocycles. The smallest absolute Gasteiger partial charge is 0.227 e. The maximum absolute atomic E-state index is 13.6. The van der Waals surface area contributed by atoms with E-state index in [1.807, 2.05) is 30.3 Å². The molecule has 0 radical (unpaired) electrons. The van der Waals surface area contributed by atoms with E-state index in [9.17, 15) is 9.18 Å². The first-order valence-electron chi connectivity index (χ1n) is 7.08. The van der Waals surface area contributed by atoms with Gasteiger partial charge in [0, 0.05) is 12.4 Å². The highest BCUT2D eigenvalue weighted by molar-refractivity contribution is 5.79. The molecule has 0 bridgehead atoms. The van der Waals surface area contributed by atoms with Crippen LogP contribution in [0.1, 0.15) is 11.3 Å². The molecule has 1 amide bonds. The van der Waals surface area contributed by atoms with Gasteiger partial charge in [-0.25, -0.2) is 4.39 Å². The summed E-state index contributed by atoms with van der Waals surface area (Å²) in [4.78, 5) is 13.7. The third-order valence-electron chi connectivity index (χ3n) is 3.59. The van der Waals surface area contributed by atoms with Crippen molar-refractivity contribution in [2.24, 2.45) is 0 Å². The molecule has 3 rings (SSSR count). The number of amides is 1. The number of rotatable bonds is 4. The summed E-state index contributed by atoms with van der Waals surface area (Å²) in [5, 5.41) is 1.01. The maximum atomic E-state index is 13.6. The molecule has 0 spiro atoms. The number of likely N-dealkylation sites (N-methyl/N-ethyl adjacent to an activating group) is 1. The lowest BCUT2D eigenvalue weighted by molar-refractivity contribution is -0.129. The standard InChI is InChI=1S/C18H16FNO2/c1-20(18(21)11-13-6-2-4-8-16(13)19)12-15-10-14-7-3-5-9-17(14)22-15/h2-10H,11-12H2,1H3. The van der Waals surface area contributed by atoms with Crippen molar-refractivity contribution in [2.45, 2.75) is 13.0 Å². The SMILES string of the molecule is CN(Cc1cc2ccccc2o1)C(=O)Cc1ccccc1F. The Hall–Kier alpha value is -2.62. The van der Waals surface area contributed by atoms with Crippen LogP contribution >= 0.6 is 0 Å². The number of furan rings is 1. The zero-order valence-electron chi connectivity index (χ0n) is 12.3. The van der Waals surface area contributed by atoms with E-state index in [1.165, 1.54) is 6.07 Å². The fourth-order valence-corrected chi connectivity index (χ4v) is 2.38. The van der Waals surface area contributed by atoms with E-state index in [0.29, 0.717) is 17.9 Å². The fraction of sp³-hybridized carbons (Fsp3) is 0.167. The Morgan fingerprint density at radius 2 is 1.86 bits per heavy atom. The second-order valence-electron chi connectivity index (χ2n) is 5.27. The summed E-state index contributed by atoms with van der Waals surface area (Å²) in [7, 11) is 1.69. The molecule has 0 saturated carbocycles. The van der Waals surface area contributed by atoms with Crippen LogP contribution in [0, 0.1) is 5.82 Å². The second kappa shape index (κ2) is 6.02. The predicted octanol–water partition coefficient (Wildman–Crippen LogP) is 3.77. The van der Waals surface area contributed by atoms with Gasteiger partial charge >= 0.3 is 0 Å². The first kappa shape index (κ1) is 14.3. The number of para-hydroxylation sites is 1. The number of hydrogen-bond donors (Lipinski definition) is 0. The number of carbonyl (C=O) groups excluding carboxylic acids is 1. The molecule has 3 nitrogen and oxygen atoms in total. The first-order valence-corrected chi connectivity index (χ1v) is 7.08. The minimum atomic E-state index is -0.354. The van der Waals surface area contributed by atoms with E-state index < -0.39 is 0 Å². The highest BCUT2D eigenvalue weighted by Gasteiger charge is 2.14. The van der Waals surface area contributed by atoms with E-state index in [1.54, 1.807) is 30.1 Å². The Morgan fingerprint density at radius 3 is 2.64 bits per heavy atom. The number of hydrogen-bond acceptors (Lipinski definition) is 2. The number of nitrogens with zero attached hydrogens (tertiary/aromatic N) is 1. The topological polar surface area (TPSA) is 33.5 Å². The molecule has 112 valence electrons.